The van der Waals surface area contributed by atoms with Gasteiger partial charge in [-0.05, 0) is 36.6 Å². The molecular weight excluding hydrogens is 290 g/mol. The molecule has 0 saturated carbocycles. The van der Waals surface area contributed by atoms with E-state index in [1.54, 1.807) is 13.2 Å². The van der Waals surface area contributed by atoms with Crippen LogP contribution in [0.5, 0.6) is 5.75 Å². The number of carbonyl (C=O) groups is 2. The lowest BCUT2D eigenvalue weighted by Gasteiger charge is -2.05. The molecule has 0 aliphatic heterocycles. The summed E-state index contributed by atoms with van der Waals surface area (Å²) in [4.78, 5) is 23.4. The Morgan fingerprint density at radius 1 is 1.13 bits per heavy atom. The number of allylic oxidation sites excluding steroid dienone is 2. The van der Waals surface area contributed by atoms with Crippen molar-refractivity contribution in [1.82, 2.24) is 5.32 Å². The molecule has 0 aromatic heterocycles. The number of amides is 1. The largest absolute Gasteiger partial charge is 0.497 e. The van der Waals surface area contributed by atoms with Crippen LogP contribution < -0.4 is 10.1 Å². The highest BCUT2D eigenvalue weighted by atomic mass is 16.5. The minimum atomic E-state index is -0.103. The Bertz CT molecular complexity index is 506. The molecule has 1 rings (SSSR count). The maximum Gasteiger partial charge on any atom is 0.220 e. The van der Waals surface area contributed by atoms with Gasteiger partial charge < -0.3 is 10.1 Å². The molecule has 1 N–H and O–H groups in total. The summed E-state index contributed by atoms with van der Waals surface area (Å²) < 4.78 is 5.08. The Balaban J connectivity index is 2.19. The molecule has 23 heavy (non-hydrogen) atoms. The lowest BCUT2D eigenvalue weighted by molar-refractivity contribution is -0.124. The number of hydrogen-bond donors (Lipinski definition) is 1. The first-order valence-electron chi connectivity index (χ1n) is 8.24. The first-order chi connectivity index (χ1) is 11.2. The molecule has 0 saturated heterocycles. The normalized spacial score (nSPS) is 10.7. The molecule has 1 amide bonds. The molecule has 0 fully saturated rings. The molecule has 0 aliphatic carbocycles. The standard InChI is InChI=1S/C19H27NO3/c1-3-4-5-6-7-8-17(21)11-14-19(22)20-15-16-9-12-18(23-2)13-10-16/h7-10,12-13H,3-6,11,14-15H2,1-2H3,(H,20,22)/b8-7+. The molecular formula is C19H27NO3. The van der Waals surface area contributed by atoms with Gasteiger partial charge in [-0.15, -0.1) is 0 Å². The van der Waals surface area contributed by atoms with Crippen molar-refractivity contribution >= 4 is 11.7 Å². The summed E-state index contributed by atoms with van der Waals surface area (Å²) in [5.74, 6) is 0.700. The van der Waals surface area contributed by atoms with Crippen LogP contribution in [0.1, 0.15) is 51.0 Å². The van der Waals surface area contributed by atoms with Gasteiger partial charge in [-0.2, -0.15) is 0 Å². The fraction of sp³-hybridized carbons (Fsp3) is 0.474. The van der Waals surface area contributed by atoms with Crippen molar-refractivity contribution in [3.63, 3.8) is 0 Å². The Morgan fingerprint density at radius 3 is 2.52 bits per heavy atom. The van der Waals surface area contributed by atoms with E-state index < -0.39 is 0 Å². The lowest BCUT2D eigenvalue weighted by atomic mass is 10.1. The van der Waals surface area contributed by atoms with Gasteiger partial charge in [0.1, 0.15) is 5.75 Å². The predicted molar refractivity (Wildman–Crippen MR) is 92.4 cm³/mol. The molecule has 0 heterocycles. The number of methoxy groups -OCH3 is 1. The van der Waals surface area contributed by atoms with Crippen molar-refractivity contribution in [1.29, 1.82) is 0 Å². The Labute approximate surface area is 138 Å². The summed E-state index contributed by atoms with van der Waals surface area (Å²) in [6.07, 6.45) is 8.42. The van der Waals surface area contributed by atoms with E-state index in [0.29, 0.717) is 6.54 Å². The van der Waals surface area contributed by atoms with Crippen LogP contribution in [0.25, 0.3) is 0 Å². The van der Waals surface area contributed by atoms with E-state index in [1.165, 1.54) is 12.8 Å². The predicted octanol–water partition coefficient (Wildman–Crippen LogP) is 3.80. The molecule has 0 bridgehead atoms. The van der Waals surface area contributed by atoms with E-state index in [-0.39, 0.29) is 24.5 Å². The summed E-state index contributed by atoms with van der Waals surface area (Å²) >= 11 is 0. The van der Waals surface area contributed by atoms with E-state index >= 15 is 0 Å². The summed E-state index contributed by atoms with van der Waals surface area (Å²) in [6.45, 7) is 2.61. The Hall–Kier alpha value is -2.10. The highest BCUT2D eigenvalue weighted by Crippen LogP contribution is 2.11. The van der Waals surface area contributed by atoms with E-state index in [4.69, 9.17) is 4.74 Å². The van der Waals surface area contributed by atoms with Crippen LogP contribution in [-0.2, 0) is 16.1 Å². The first kappa shape index (κ1) is 18.9. The first-order valence-corrected chi connectivity index (χ1v) is 8.24. The summed E-state index contributed by atoms with van der Waals surface area (Å²) in [7, 11) is 1.62. The maximum absolute atomic E-state index is 11.7. The molecule has 0 radical (unpaired) electrons. The number of carbonyl (C=O) groups excluding carboxylic acids is 2. The van der Waals surface area contributed by atoms with Gasteiger partial charge in [0, 0.05) is 19.4 Å². The number of rotatable bonds is 11. The van der Waals surface area contributed by atoms with E-state index in [2.05, 4.69) is 12.2 Å². The molecule has 0 aliphatic rings. The minimum Gasteiger partial charge on any atom is -0.497 e. The smallest absolute Gasteiger partial charge is 0.220 e. The molecule has 1 aromatic carbocycles. The third-order valence-corrected chi connectivity index (χ3v) is 3.53. The van der Waals surface area contributed by atoms with Crippen LogP contribution in [0, 0.1) is 0 Å². The minimum absolute atomic E-state index is 0.0149. The van der Waals surface area contributed by atoms with Crippen LogP contribution in [0.2, 0.25) is 0 Å². The van der Waals surface area contributed by atoms with Crippen LogP contribution in [-0.4, -0.2) is 18.8 Å². The Morgan fingerprint density at radius 2 is 1.87 bits per heavy atom. The van der Waals surface area contributed by atoms with Crippen LogP contribution in [0.3, 0.4) is 0 Å². The zero-order valence-corrected chi connectivity index (χ0v) is 14.1. The quantitative estimate of drug-likeness (QED) is 0.499. The summed E-state index contributed by atoms with van der Waals surface area (Å²) in [5.41, 5.74) is 1.00. The number of benzene rings is 1. The van der Waals surface area contributed by atoms with Gasteiger partial charge in [0.15, 0.2) is 5.78 Å². The number of unbranched alkanes of at least 4 members (excludes halogenated alkanes) is 3. The number of ether oxygens (including phenoxy) is 1. The average molecular weight is 317 g/mol. The van der Waals surface area contributed by atoms with Gasteiger partial charge in [-0.25, -0.2) is 0 Å². The highest BCUT2D eigenvalue weighted by molar-refractivity contribution is 5.92. The third kappa shape index (κ3) is 8.81. The van der Waals surface area contributed by atoms with Crippen molar-refractivity contribution in [2.75, 3.05) is 7.11 Å². The molecule has 0 unspecified atom stereocenters. The van der Waals surface area contributed by atoms with Crippen molar-refractivity contribution in [3.8, 4) is 5.75 Å². The molecule has 126 valence electrons. The fourth-order valence-electron chi connectivity index (χ4n) is 2.08. The van der Waals surface area contributed by atoms with Gasteiger partial charge >= 0.3 is 0 Å². The average Bonchev–Trinajstić information content (AvgIpc) is 2.58. The zero-order valence-electron chi connectivity index (χ0n) is 14.1. The second-order valence-electron chi connectivity index (χ2n) is 5.49. The zero-order chi connectivity index (χ0) is 16.9. The number of hydrogen-bond acceptors (Lipinski definition) is 3. The van der Waals surface area contributed by atoms with Crippen molar-refractivity contribution in [2.45, 2.75) is 52.0 Å². The van der Waals surface area contributed by atoms with Gasteiger partial charge in [0.2, 0.25) is 5.91 Å². The second kappa shape index (κ2) is 11.5. The Kier molecular flexibility index (Phi) is 9.45. The van der Waals surface area contributed by atoms with Crippen molar-refractivity contribution in [3.05, 3.63) is 42.0 Å². The topological polar surface area (TPSA) is 55.4 Å². The summed E-state index contributed by atoms with van der Waals surface area (Å²) in [5, 5.41) is 2.82. The van der Waals surface area contributed by atoms with Crippen LogP contribution in [0.4, 0.5) is 0 Å². The monoisotopic (exact) mass is 317 g/mol. The lowest BCUT2D eigenvalue weighted by Crippen LogP contribution is -2.23. The number of nitrogens with one attached hydrogen (secondary N) is 1. The molecule has 4 heteroatoms. The molecule has 0 atom stereocenters. The van der Waals surface area contributed by atoms with Crippen LogP contribution >= 0.6 is 0 Å². The molecule has 1 aromatic rings. The van der Waals surface area contributed by atoms with Gasteiger partial charge in [-0.3, -0.25) is 9.59 Å². The van der Waals surface area contributed by atoms with Crippen LogP contribution in [0.15, 0.2) is 36.4 Å². The van der Waals surface area contributed by atoms with E-state index in [0.717, 1.165) is 24.2 Å². The van der Waals surface area contributed by atoms with E-state index in [9.17, 15) is 9.59 Å². The number of ketones is 1. The maximum atomic E-state index is 11.7. The van der Waals surface area contributed by atoms with Gasteiger partial charge in [0.05, 0.1) is 7.11 Å². The van der Waals surface area contributed by atoms with Gasteiger partial charge in [0.25, 0.3) is 0 Å². The van der Waals surface area contributed by atoms with Gasteiger partial charge in [-0.1, -0.05) is 38.0 Å². The third-order valence-electron chi connectivity index (χ3n) is 3.53. The fourth-order valence-corrected chi connectivity index (χ4v) is 2.08. The molecule has 4 nitrogen and oxygen atoms in total. The highest BCUT2D eigenvalue weighted by Gasteiger charge is 2.04. The summed E-state index contributed by atoms with van der Waals surface area (Å²) in [6, 6.07) is 7.52. The van der Waals surface area contributed by atoms with Crippen molar-refractivity contribution < 1.29 is 14.3 Å². The van der Waals surface area contributed by atoms with Crippen molar-refractivity contribution in [2.24, 2.45) is 0 Å². The molecule has 0 spiro atoms. The SMILES string of the molecule is CCCCC/C=C/C(=O)CCC(=O)NCc1ccc(OC)cc1. The second-order valence-corrected chi connectivity index (χ2v) is 5.49. The van der Waals surface area contributed by atoms with E-state index in [1.807, 2.05) is 30.3 Å².